The number of aliphatic hydroxyl groups is 1. The van der Waals surface area contributed by atoms with Crippen molar-refractivity contribution in [2.75, 3.05) is 19.7 Å². The van der Waals surface area contributed by atoms with Crippen LogP contribution in [0.4, 0.5) is 4.79 Å². The molecule has 0 aliphatic carbocycles. The summed E-state index contributed by atoms with van der Waals surface area (Å²) in [5.74, 6) is 0.980. The van der Waals surface area contributed by atoms with E-state index in [1.807, 2.05) is 54.6 Å². The van der Waals surface area contributed by atoms with Crippen LogP contribution in [0.2, 0.25) is 0 Å². The number of nitrogens with one attached hydrogen (secondary N) is 1. The number of nitrogens with zero attached hydrogens (tertiary/aromatic N) is 1. The predicted molar refractivity (Wildman–Crippen MR) is 96.2 cm³/mol. The smallest absolute Gasteiger partial charge is 0.317 e. The van der Waals surface area contributed by atoms with Crippen molar-refractivity contribution in [3.05, 3.63) is 65.7 Å². The second-order valence-electron chi connectivity index (χ2n) is 6.32. The lowest BCUT2D eigenvalue weighted by Gasteiger charge is -2.18. The van der Waals surface area contributed by atoms with Crippen LogP contribution < -0.4 is 10.1 Å². The van der Waals surface area contributed by atoms with Crippen LogP contribution >= 0.6 is 0 Å². The van der Waals surface area contributed by atoms with Gasteiger partial charge in [-0.1, -0.05) is 48.5 Å². The highest BCUT2D eigenvalue weighted by Gasteiger charge is 2.25. The molecule has 0 radical (unpaired) electrons. The van der Waals surface area contributed by atoms with Crippen LogP contribution in [0.1, 0.15) is 17.5 Å². The molecule has 1 atom stereocenters. The first-order chi connectivity index (χ1) is 12.3. The highest BCUT2D eigenvalue weighted by atomic mass is 16.5. The summed E-state index contributed by atoms with van der Waals surface area (Å²) in [6, 6.07) is 17.7. The molecule has 0 saturated carbocycles. The molecule has 2 N–H and O–H groups in total. The highest BCUT2D eigenvalue weighted by Crippen LogP contribution is 2.20. The lowest BCUT2D eigenvalue weighted by molar-refractivity contribution is 0.198. The number of aliphatic hydroxyl groups excluding tert-OH is 1. The number of para-hydroxylation sites is 1. The topological polar surface area (TPSA) is 61.8 Å². The number of rotatable bonds is 6. The monoisotopic (exact) mass is 340 g/mol. The van der Waals surface area contributed by atoms with Crippen LogP contribution in [-0.4, -0.2) is 35.7 Å². The molecule has 1 aliphatic heterocycles. The van der Waals surface area contributed by atoms with E-state index in [9.17, 15) is 9.90 Å². The lowest BCUT2D eigenvalue weighted by atomic mass is 10.1. The molecule has 0 aromatic heterocycles. The number of likely N-dealkylation sites (tertiary alicyclic amines) is 1. The molecular weight excluding hydrogens is 316 g/mol. The normalized spacial score (nSPS) is 16.7. The van der Waals surface area contributed by atoms with Gasteiger partial charge in [-0.05, 0) is 18.1 Å². The Morgan fingerprint density at radius 1 is 1.16 bits per heavy atom. The Hall–Kier alpha value is -2.53. The fourth-order valence-electron chi connectivity index (χ4n) is 2.97. The van der Waals surface area contributed by atoms with Crippen LogP contribution in [0.15, 0.2) is 54.6 Å². The van der Waals surface area contributed by atoms with Gasteiger partial charge < -0.3 is 20.1 Å². The third kappa shape index (κ3) is 4.73. The average molecular weight is 340 g/mol. The van der Waals surface area contributed by atoms with Crippen LogP contribution in [0, 0.1) is 5.92 Å². The zero-order valence-electron chi connectivity index (χ0n) is 14.2. The fourth-order valence-corrected chi connectivity index (χ4v) is 2.97. The second kappa shape index (κ2) is 8.53. The molecule has 2 amide bonds. The number of hydrogen-bond acceptors (Lipinski definition) is 3. The maximum atomic E-state index is 12.3. The van der Waals surface area contributed by atoms with Gasteiger partial charge in [0.05, 0.1) is 0 Å². The Kier molecular flexibility index (Phi) is 5.90. The standard InChI is InChI=1S/C20H24N2O3/c23-14-17-10-11-22(13-17)20(24)21-12-18-8-4-5-9-19(18)25-15-16-6-2-1-3-7-16/h1-9,17,23H,10-15H2,(H,21,24). The van der Waals surface area contributed by atoms with E-state index in [1.54, 1.807) is 4.90 Å². The molecule has 1 aliphatic rings. The van der Waals surface area contributed by atoms with Gasteiger partial charge in [-0.3, -0.25) is 0 Å². The number of urea groups is 1. The first-order valence-electron chi connectivity index (χ1n) is 8.64. The van der Waals surface area contributed by atoms with Crippen LogP contribution in [0.3, 0.4) is 0 Å². The summed E-state index contributed by atoms with van der Waals surface area (Å²) in [6.07, 6.45) is 0.862. The molecule has 25 heavy (non-hydrogen) atoms. The van der Waals surface area contributed by atoms with Gasteiger partial charge in [-0.2, -0.15) is 0 Å². The SMILES string of the molecule is O=C(NCc1ccccc1OCc1ccccc1)N1CCC(CO)C1. The Morgan fingerprint density at radius 3 is 2.68 bits per heavy atom. The zero-order chi connectivity index (χ0) is 17.5. The van der Waals surface area contributed by atoms with Gasteiger partial charge in [0.2, 0.25) is 0 Å². The predicted octanol–water partition coefficient (Wildman–Crippen LogP) is 2.79. The molecule has 3 rings (SSSR count). The van der Waals surface area contributed by atoms with E-state index < -0.39 is 0 Å². The zero-order valence-corrected chi connectivity index (χ0v) is 14.2. The summed E-state index contributed by atoms with van der Waals surface area (Å²) in [5, 5.41) is 12.1. The van der Waals surface area contributed by atoms with E-state index in [-0.39, 0.29) is 18.6 Å². The van der Waals surface area contributed by atoms with Crippen molar-refractivity contribution in [2.45, 2.75) is 19.6 Å². The number of hydrogen-bond donors (Lipinski definition) is 2. The molecule has 2 aromatic rings. The molecular formula is C20H24N2O3. The minimum atomic E-state index is -0.0891. The summed E-state index contributed by atoms with van der Waals surface area (Å²) in [7, 11) is 0. The van der Waals surface area contributed by atoms with E-state index in [0.717, 1.165) is 23.3 Å². The lowest BCUT2D eigenvalue weighted by Crippen LogP contribution is -2.38. The molecule has 1 heterocycles. The summed E-state index contributed by atoms with van der Waals surface area (Å²) >= 11 is 0. The first-order valence-corrected chi connectivity index (χ1v) is 8.64. The third-order valence-electron chi connectivity index (χ3n) is 4.47. The summed E-state index contributed by atoms with van der Waals surface area (Å²) < 4.78 is 5.92. The Morgan fingerprint density at radius 2 is 1.92 bits per heavy atom. The number of amides is 2. The van der Waals surface area contributed by atoms with Crippen molar-refractivity contribution >= 4 is 6.03 Å². The van der Waals surface area contributed by atoms with Crippen molar-refractivity contribution in [2.24, 2.45) is 5.92 Å². The van der Waals surface area contributed by atoms with Gasteiger partial charge in [0.25, 0.3) is 0 Å². The Balaban J connectivity index is 1.55. The maximum absolute atomic E-state index is 12.3. The Bertz CT molecular complexity index is 690. The summed E-state index contributed by atoms with van der Waals surface area (Å²) in [5.41, 5.74) is 2.05. The summed E-state index contributed by atoms with van der Waals surface area (Å²) in [4.78, 5) is 14.0. The van der Waals surface area contributed by atoms with Crippen molar-refractivity contribution < 1.29 is 14.6 Å². The number of carbonyl (C=O) groups excluding carboxylic acids is 1. The van der Waals surface area contributed by atoms with E-state index in [4.69, 9.17) is 4.74 Å². The third-order valence-corrected chi connectivity index (χ3v) is 4.47. The van der Waals surface area contributed by atoms with Crippen molar-refractivity contribution in [1.82, 2.24) is 10.2 Å². The van der Waals surface area contributed by atoms with Gasteiger partial charge in [0.1, 0.15) is 12.4 Å². The van der Waals surface area contributed by atoms with Crippen molar-refractivity contribution in [3.63, 3.8) is 0 Å². The van der Waals surface area contributed by atoms with Crippen LogP contribution in [-0.2, 0) is 13.2 Å². The molecule has 1 fully saturated rings. The quantitative estimate of drug-likeness (QED) is 0.850. The molecule has 132 valence electrons. The van der Waals surface area contributed by atoms with Crippen LogP contribution in [0.5, 0.6) is 5.75 Å². The minimum Gasteiger partial charge on any atom is -0.489 e. The van der Waals surface area contributed by atoms with Crippen LogP contribution in [0.25, 0.3) is 0 Å². The van der Waals surface area contributed by atoms with E-state index in [0.29, 0.717) is 26.2 Å². The molecule has 2 aromatic carbocycles. The van der Waals surface area contributed by atoms with Gasteiger partial charge in [0, 0.05) is 37.7 Å². The van der Waals surface area contributed by atoms with Gasteiger partial charge in [-0.15, -0.1) is 0 Å². The molecule has 0 bridgehead atoms. The molecule has 5 heteroatoms. The van der Waals surface area contributed by atoms with E-state index >= 15 is 0 Å². The van der Waals surface area contributed by atoms with E-state index in [1.165, 1.54) is 0 Å². The molecule has 5 nitrogen and oxygen atoms in total. The minimum absolute atomic E-state index is 0.0891. The van der Waals surface area contributed by atoms with Crippen molar-refractivity contribution in [3.8, 4) is 5.75 Å². The highest BCUT2D eigenvalue weighted by molar-refractivity contribution is 5.74. The molecule has 1 unspecified atom stereocenters. The largest absolute Gasteiger partial charge is 0.489 e. The van der Waals surface area contributed by atoms with Crippen molar-refractivity contribution in [1.29, 1.82) is 0 Å². The maximum Gasteiger partial charge on any atom is 0.317 e. The first kappa shape index (κ1) is 17.3. The number of benzene rings is 2. The number of carbonyl (C=O) groups is 1. The van der Waals surface area contributed by atoms with Gasteiger partial charge in [-0.25, -0.2) is 4.79 Å². The average Bonchev–Trinajstić information content (AvgIpc) is 3.15. The summed E-state index contributed by atoms with van der Waals surface area (Å²) in [6.45, 7) is 2.37. The Labute approximate surface area is 148 Å². The fraction of sp³-hybridized carbons (Fsp3) is 0.350. The molecule has 0 spiro atoms. The van der Waals surface area contributed by atoms with Gasteiger partial charge >= 0.3 is 6.03 Å². The molecule has 1 saturated heterocycles. The second-order valence-corrected chi connectivity index (χ2v) is 6.32. The number of ether oxygens (including phenoxy) is 1. The van der Waals surface area contributed by atoms with Gasteiger partial charge in [0.15, 0.2) is 0 Å². The van der Waals surface area contributed by atoms with E-state index in [2.05, 4.69) is 5.32 Å².